The number of amides is 2. The number of thiophene rings is 4. The van der Waals surface area contributed by atoms with Gasteiger partial charge in [-0.2, -0.15) is 0 Å². The van der Waals surface area contributed by atoms with Gasteiger partial charge in [-0.1, -0.05) is 184 Å². The summed E-state index contributed by atoms with van der Waals surface area (Å²) in [6.45, 7) is 24.3. The Kier molecular flexibility index (Phi) is 25.1. The fourth-order valence-corrected chi connectivity index (χ4v) is 16.6. The molecule has 0 fully saturated rings. The number of fused-ring (bicyclic) bond motifs is 3. The van der Waals surface area contributed by atoms with Crippen molar-refractivity contribution in [2.45, 2.75) is 236 Å². The maximum atomic E-state index is 15.5. The molecule has 0 radical (unpaired) electrons. The summed E-state index contributed by atoms with van der Waals surface area (Å²) in [5.74, 6) is 2.23. The SMILES string of the molecule is CCCCCCC(CCCC)CN1C(=O)C(/C=C/c2ccc(-c3cc4c(CC(CC)CCCC)c5sc(C)cc5c(CC(CC)CCCC)c4s3)s2)=C2C1=C(/C=C/c1ccc(C)s1)C(=O)N2CC(CCCC)CCCCCC. The van der Waals surface area contributed by atoms with Gasteiger partial charge in [0.15, 0.2) is 0 Å². The first-order valence-corrected chi connectivity index (χ1v) is 34.9. The predicted octanol–water partition coefficient (Wildman–Crippen LogP) is 22.5. The van der Waals surface area contributed by atoms with Crippen molar-refractivity contribution >= 4 is 89.5 Å². The van der Waals surface area contributed by atoms with Crippen LogP contribution in [0.4, 0.5) is 0 Å². The highest BCUT2D eigenvalue weighted by Gasteiger charge is 2.47. The van der Waals surface area contributed by atoms with Gasteiger partial charge in [-0.25, -0.2) is 0 Å². The number of hydrogen-bond donors (Lipinski definition) is 0. The molecule has 5 aromatic rings. The van der Waals surface area contributed by atoms with Crippen LogP contribution in [0.1, 0.15) is 240 Å². The largest absolute Gasteiger partial charge is 0.305 e. The molecule has 78 heavy (non-hydrogen) atoms. The van der Waals surface area contributed by atoms with Crippen molar-refractivity contribution in [2.24, 2.45) is 23.7 Å². The average molecular weight is 1130 g/mol. The van der Waals surface area contributed by atoms with Crippen LogP contribution in [0.5, 0.6) is 0 Å². The summed E-state index contributed by atoms with van der Waals surface area (Å²) in [6, 6.07) is 14.0. The van der Waals surface area contributed by atoms with E-state index in [1.54, 1.807) is 22.5 Å². The molecule has 0 saturated heterocycles. The topological polar surface area (TPSA) is 40.6 Å². The standard InChI is InChI=1S/C70H100N2O2S4/c1-11-19-25-27-33-53(31-23-15-5)47-71-65-57(40-37-55-36-35-49(9)75-55)69(73)72(48-54(32-24-16-6)34-28-26-20-12-2)66(65)58(70(71)74)41-38-56-39-42-63(77-56)64-46-62-61(45-52(18-8)30-22-14-4)67-59(43-50(10)76-67)60(68(62)78-64)44-51(17-7)29-21-13-3/h35-43,46,51-54H,11-34,44-45,47-48H2,1-10H3/b40-37+,41-38+. The highest BCUT2D eigenvalue weighted by molar-refractivity contribution is 7.26. The molecule has 0 bridgehead atoms. The van der Waals surface area contributed by atoms with Gasteiger partial charge in [0.2, 0.25) is 0 Å². The Morgan fingerprint density at radius 1 is 0.423 bits per heavy atom. The fourth-order valence-electron chi connectivity index (χ4n) is 12.5. The van der Waals surface area contributed by atoms with E-state index in [0.29, 0.717) is 47.9 Å². The molecule has 1 aromatic carbocycles. The first-order valence-electron chi connectivity index (χ1n) is 31.6. The van der Waals surface area contributed by atoms with E-state index >= 15 is 9.59 Å². The molecule has 2 aliphatic rings. The number of nitrogens with zero attached hydrogens (tertiary/aromatic N) is 2. The van der Waals surface area contributed by atoms with E-state index in [9.17, 15) is 0 Å². The van der Waals surface area contributed by atoms with Crippen molar-refractivity contribution in [2.75, 3.05) is 13.1 Å². The molecule has 8 heteroatoms. The summed E-state index contributed by atoms with van der Waals surface area (Å²) in [5, 5.41) is 3.01. The van der Waals surface area contributed by atoms with Crippen molar-refractivity contribution in [3.8, 4) is 9.75 Å². The van der Waals surface area contributed by atoms with Crippen molar-refractivity contribution in [1.82, 2.24) is 9.80 Å². The van der Waals surface area contributed by atoms with Gasteiger partial charge in [-0.3, -0.25) is 9.59 Å². The fraction of sp³-hybridized carbons (Fsp3) is 0.600. The van der Waals surface area contributed by atoms with Crippen molar-refractivity contribution in [1.29, 1.82) is 0 Å². The monoisotopic (exact) mass is 1130 g/mol. The lowest BCUT2D eigenvalue weighted by molar-refractivity contribution is -0.125. The molecule has 426 valence electrons. The highest BCUT2D eigenvalue weighted by Crippen LogP contribution is 2.48. The quantitative estimate of drug-likeness (QED) is 0.0372. The maximum absolute atomic E-state index is 15.5. The number of benzene rings is 1. The minimum absolute atomic E-state index is 0.0548. The molecule has 4 nitrogen and oxygen atoms in total. The lowest BCUT2D eigenvalue weighted by atomic mass is 9.86. The Hall–Kier alpha value is -3.56. The van der Waals surface area contributed by atoms with Crippen LogP contribution >= 0.6 is 45.3 Å². The minimum Gasteiger partial charge on any atom is -0.305 e. The molecular weight excluding hydrogens is 1030 g/mol. The van der Waals surface area contributed by atoms with Crippen LogP contribution in [0.2, 0.25) is 0 Å². The van der Waals surface area contributed by atoms with Crippen LogP contribution in [0, 0.1) is 37.5 Å². The van der Waals surface area contributed by atoms with Gasteiger partial charge in [0, 0.05) is 51.8 Å². The number of carbonyl (C=O) groups is 2. The zero-order chi connectivity index (χ0) is 55.6. The molecule has 4 aromatic heterocycles. The Morgan fingerprint density at radius 2 is 0.859 bits per heavy atom. The highest BCUT2D eigenvalue weighted by atomic mass is 32.1. The minimum atomic E-state index is 0.0548. The first-order chi connectivity index (χ1) is 38.0. The van der Waals surface area contributed by atoms with Gasteiger partial charge >= 0.3 is 0 Å². The van der Waals surface area contributed by atoms with E-state index in [4.69, 9.17) is 0 Å². The lowest BCUT2D eigenvalue weighted by Gasteiger charge is -2.27. The number of carbonyl (C=O) groups excluding carboxylic acids is 2. The van der Waals surface area contributed by atoms with Gasteiger partial charge in [-0.05, 0) is 159 Å². The van der Waals surface area contributed by atoms with Crippen LogP contribution in [0.25, 0.3) is 42.1 Å². The number of rotatable bonds is 37. The molecule has 2 aliphatic heterocycles. The number of hydrogen-bond acceptors (Lipinski definition) is 6. The molecule has 4 unspecified atom stereocenters. The van der Waals surface area contributed by atoms with Crippen LogP contribution in [-0.4, -0.2) is 34.7 Å². The van der Waals surface area contributed by atoms with Crippen LogP contribution in [0.15, 0.2) is 71.1 Å². The van der Waals surface area contributed by atoms with E-state index < -0.39 is 0 Å². The molecule has 0 N–H and O–H groups in total. The number of aryl methyl sites for hydroxylation is 2. The van der Waals surface area contributed by atoms with E-state index in [1.165, 1.54) is 142 Å². The Bertz CT molecular complexity index is 2750. The lowest BCUT2D eigenvalue weighted by Crippen LogP contribution is -2.32. The Morgan fingerprint density at radius 3 is 1.32 bits per heavy atom. The van der Waals surface area contributed by atoms with Crippen LogP contribution < -0.4 is 0 Å². The van der Waals surface area contributed by atoms with E-state index in [1.807, 2.05) is 34.0 Å². The summed E-state index contributed by atoms with van der Waals surface area (Å²) >= 11 is 7.64. The summed E-state index contributed by atoms with van der Waals surface area (Å²) in [6.07, 6.45) is 39.6. The zero-order valence-electron chi connectivity index (χ0n) is 50.2. The third-order valence-corrected chi connectivity index (χ3v) is 21.8. The van der Waals surface area contributed by atoms with Gasteiger partial charge < -0.3 is 9.80 Å². The van der Waals surface area contributed by atoms with E-state index in [-0.39, 0.29) is 11.8 Å². The summed E-state index contributed by atoms with van der Waals surface area (Å²) in [5.41, 5.74) is 6.22. The van der Waals surface area contributed by atoms with Crippen molar-refractivity contribution in [3.63, 3.8) is 0 Å². The smallest absolute Gasteiger partial charge is 0.260 e. The predicted molar refractivity (Wildman–Crippen MR) is 347 cm³/mol. The zero-order valence-corrected chi connectivity index (χ0v) is 53.5. The molecule has 2 amide bonds. The molecule has 0 spiro atoms. The molecule has 7 rings (SSSR count). The average Bonchev–Trinajstić information content (AvgIpc) is 4.33. The normalized spacial score (nSPS) is 15.8. The molecule has 6 heterocycles. The van der Waals surface area contributed by atoms with Gasteiger partial charge in [0.1, 0.15) is 0 Å². The second-order valence-corrected chi connectivity index (χ2v) is 28.3. The first kappa shape index (κ1) is 62.0. The van der Waals surface area contributed by atoms with Crippen molar-refractivity contribution < 1.29 is 9.59 Å². The molecular formula is C70H100N2O2S4. The van der Waals surface area contributed by atoms with Gasteiger partial charge in [0.25, 0.3) is 11.8 Å². The third kappa shape index (κ3) is 15.9. The summed E-state index contributed by atoms with van der Waals surface area (Å²) < 4.78 is 3.04. The molecule has 4 atom stereocenters. The van der Waals surface area contributed by atoms with Gasteiger partial charge in [0.05, 0.1) is 22.5 Å². The summed E-state index contributed by atoms with van der Waals surface area (Å²) in [4.78, 5) is 42.6. The second kappa shape index (κ2) is 31.6. The van der Waals surface area contributed by atoms with Crippen LogP contribution in [-0.2, 0) is 22.4 Å². The van der Waals surface area contributed by atoms with Crippen molar-refractivity contribution in [3.05, 3.63) is 102 Å². The van der Waals surface area contributed by atoms with E-state index in [2.05, 4.69) is 140 Å². The maximum Gasteiger partial charge on any atom is 0.260 e. The second-order valence-electron chi connectivity index (χ2n) is 23.5. The van der Waals surface area contributed by atoms with Crippen LogP contribution in [0.3, 0.4) is 0 Å². The summed E-state index contributed by atoms with van der Waals surface area (Å²) in [7, 11) is 0. The number of unbranched alkanes of at least 4 members (excludes halogenated alkanes) is 10. The van der Waals surface area contributed by atoms with E-state index in [0.717, 1.165) is 85.4 Å². The molecule has 0 saturated carbocycles. The molecule has 0 aliphatic carbocycles. The third-order valence-electron chi connectivity index (χ3n) is 17.3. The Balaban J connectivity index is 1.33. The van der Waals surface area contributed by atoms with Gasteiger partial charge in [-0.15, -0.1) is 45.3 Å². The Labute approximate surface area is 490 Å².